The van der Waals surface area contributed by atoms with Crippen LogP contribution in [0.3, 0.4) is 0 Å². The molecule has 0 saturated carbocycles. The highest BCUT2D eigenvalue weighted by molar-refractivity contribution is 5.27. The lowest BCUT2D eigenvalue weighted by Gasteiger charge is -2.19. The number of aliphatic hydroxyl groups is 1. The Morgan fingerprint density at radius 2 is 2.00 bits per heavy atom. The molecule has 18 heavy (non-hydrogen) atoms. The molecule has 2 atom stereocenters. The van der Waals surface area contributed by atoms with Crippen LogP contribution in [0.25, 0.3) is 0 Å². The Morgan fingerprint density at radius 1 is 1.22 bits per heavy atom. The van der Waals surface area contributed by atoms with Crippen LogP contribution in [0, 0.1) is 12.7 Å². The highest BCUT2D eigenvalue weighted by Gasteiger charge is 2.21. The summed E-state index contributed by atoms with van der Waals surface area (Å²) in [5.74, 6) is -0.617. The second-order valence-corrected chi connectivity index (χ2v) is 4.51. The fraction of sp³-hybridized carbons (Fsp3) is 0.267. The van der Waals surface area contributed by atoms with Crippen LogP contribution in [-0.4, -0.2) is 10.1 Å². The molecule has 0 aliphatic heterocycles. The van der Waals surface area contributed by atoms with Crippen molar-refractivity contribution in [3.05, 3.63) is 65.2 Å². The molecule has 0 radical (unpaired) electrons. The molecule has 3 heteroatoms. The summed E-state index contributed by atoms with van der Waals surface area (Å²) < 4.78 is 13.8. The summed E-state index contributed by atoms with van der Waals surface area (Å²) >= 11 is 0. The van der Waals surface area contributed by atoms with Crippen LogP contribution in [0.15, 0.2) is 42.6 Å². The maximum atomic E-state index is 13.8. The standard InChI is InChI=1S/C15H16FNO/c1-10-6-7-12(13(16)9-10)15(18)11(2)14-5-3-4-8-17-14/h3-9,11,15,18H,1-2H3. The minimum atomic E-state index is -0.888. The van der Waals surface area contributed by atoms with Crippen molar-refractivity contribution < 1.29 is 9.50 Å². The first-order valence-electron chi connectivity index (χ1n) is 5.94. The van der Waals surface area contributed by atoms with Crippen LogP contribution in [0.5, 0.6) is 0 Å². The van der Waals surface area contributed by atoms with Crippen molar-refractivity contribution in [3.8, 4) is 0 Å². The lowest BCUT2D eigenvalue weighted by molar-refractivity contribution is 0.145. The van der Waals surface area contributed by atoms with E-state index in [9.17, 15) is 9.50 Å². The van der Waals surface area contributed by atoms with E-state index in [-0.39, 0.29) is 11.7 Å². The van der Waals surface area contributed by atoms with E-state index in [4.69, 9.17) is 0 Å². The molecule has 2 nitrogen and oxygen atoms in total. The largest absolute Gasteiger partial charge is 0.388 e. The first kappa shape index (κ1) is 12.7. The summed E-state index contributed by atoms with van der Waals surface area (Å²) in [5.41, 5.74) is 1.91. The van der Waals surface area contributed by atoms with Gasteiger partial charge in [0.2, 0.25) is 0 Å². The first-order valence-corrected chi connectivity index (χ1v) is 5.94. The Bertz CT molecular complexity index is 527. The zero-order valence-electron chi connectivity index (χ0n) is 10.5. The number of aryl methyl sites for hydroxylation is 1. The van der Waals surface area contributed by atoms with E-state index >= 15 is 0 Å². The van der Waals surface area contributed by atoms with E-state index in [1.54, 1.807) is 18.3 Å². The summed E-state index contributed by atoms with van der Waals surface area (Å²) in [5, 5.41) is 10.2. The van der Waals surface area contributed by atoms with Crippen LogP contribution >= 0.6 is 0 Å². The van der Waals surface area contributed by atoms with E-state index in [2.05, 4.69) is 4.98 Å². The third kappa shape index (κ3) is 2.57. The van der Waals surface area contributed by atoms with Gasteiger partial charge in [0, 0.05) is 23.4 Å². The van der Waals surface area contributed by atoms with E-state index in [1.165, 1.54) is 6.07 Å². The van der Waals surface area contributed by atoms with Crippen molar-refractivity contribution in [2.45, 2.75) is 25.9 Å². The van der Waals surface area contributed by atoms with Gasteiger partial charge in [-0.3, -0.25) is 4.98 Å². The number of pyridine rings is 1. The topological polar surface area (TPSA) is 33.1 Å². The zero-order valence-corrected chi connectivity index (χ0v) is 10.5. The van der Waals surface area contributed by atoms with Gasteiger partial charge in [-0.25, -0.2) is 4.39 Å². The molecule has 0 fully saturated rings. The zero-order chi connectivity index (χ0) is 13.1. The Labute approximate surface area is 106 Å². The van der Waals surface area contributed by atoms with Gasteiger partial charge < -0.3 is 5.11 Å². The smallest absolute Gasteiger partial charge is 0.129 e. The van der Waals surface area contributed by atoms with E-state index in [1.807, 2.05) is 32.0 Å². The minimum absolute atomic E-state index is 0.247. The Kier molecular flexibility index (Phi) is 3.72. The van der Waals surface area contributed by atoms with Crippen LogP contribution in [0.4, 0.5) is 4.39 Å². The molecule has 2 unspecified atom stereocenters. The van der Waals surface area contributed by atoms with Crippen molar-refractivity contribution in [1.82, 2.24) is 4.98 Å². The summed E-state index contributed by atoms with van der Waals surface area (Å²) in [6.07, 6.45) is 0.782. The molecule has 0 aliphatic rings. The van der Waals surface area contributed by atoms with Crippen LogP contribution in [-0.2, 0) is 0 Å². The molecule has 0 aliphatic carbocycles. The number of aliphatic hydroxyl groups excluding tert-OH is 1. The molecule has 1 heterocycles. The molecule has 1 N–H and O–H groups in total. The van der Waals surface area contributed by atoms with Gasteiger partial charge in [-0.2, -0.15) is 0 Å². The monoisotopic (exact) mass is 245 g/mol. The van der Waals surface area contributed by atoms with Gasteiger partial charge in [-0.15, -0.1) is 0 Å². The predicted molar refractivity (Wildman–Crippen MR) is 68.7 cm³/mol. The number of halogens is 1. The van der Waals surface area contributed by atoms with Gasteiger partial charge in [0.25, 0.3) is 0 Å². The van der Waals surface area contributed by atoms with Crippen LogP contribution < -0.4 is 0 Å². The Balaban J connectivity index is 2.28. The predicted octanol–water partition coefficient (Wildman–Crippen LogP) is 3.37. The highest BCUT2D eigenvalue weighted by Crippen LogP contribution is 2.30. The van der Waals surface area contributed by atoms with Crippen LogP contribution in [0.1, 0.15) is 35.8 Å². The quantitative estimate of drug-likeness (QED) is 0.899. The average Bonchev–Trinajstić information content (AvgIpc) is 2.38. The fourth-order valence-corrected chi connectivity index (χ4v) is 1.95. The summed E-state index contributed by atoms with van der Waals surface area (Å²) in [4.78, 5) is 4.19. The third-order valence-electron chi connectivity index (χ3n) is 3.10. The van der Waals surface area contributed by atoms with Crippen molar-refractivity contribution in [2.75, 3.05) is 0 Å². The van der Waals surface area contributed by atoms with Gasteiger partial charge in [-0.1, -0.05) is 25.1 Å². The molecule has 94 valence electrons. The van der Waals surface area contributed by atoms with Crippen LogP contribution in [0.2, 0.25) is 0 Å². The summed E-state index contributed by atoms with van der Waals surface area (Å²) in [6, 6.07) is 10.4. The molecule has 0 spiro atoms. The van der Waals surface area contributed by atoms with Crippen molar-refractivity contribution in [3.63, 3.8) is 0 Å². The maximum absolute atomic E-state index is 13.8. The number of benzene rings is 1. The number of nitrogens with zero attached hydrogens (tertiary/aromatic N) is 1. The summed E-state index contributed by atoms with van der Waals surface area (Å²) in [7, 11) is 0. The SMILES string of the molecule is Cc1ccc(C(O)C(C)c2ccccn2)c(F)c1. The number of rotatable bonds is 3. The van der Waals surface area contributed by atoms with Gasteiger partial charge in [0.05, 0.1) is 6.10 Å². The second kappa shape index (κ2) is 5.27. The molecule has 0 bridgehead atoms. The van der Waals surface area contributed by atoms with Crippen molar-refractivity contribution in [2.24, 2.45) is 0 Å². The molecule has 2 aromatic rings. The Hall–Kier alpha value is -1.74. The lowest BCUT2D eigenvalue weighted by Crippen LogP contribution is -2.10. The molecule has 0 amide bonds. The molecule has 1 aromatic heterocycles. The molecule has 1 aromatic carbocycles. The van der Waals surface area contributed by atoms with E-state index in [0.29, 0.717) is 5.56 Å². The Morgan fingerprint density at radius 3 is 2.61 bits per heavy atom. The fourth-order valence-electron chi connectivity index (χ4n) is 1.95. The average molecular weight is 245 g/mol. The minimum Gasteiger partial charge on any atom is -0.388 e. The number of aromatic nitrogens is 1. The maximum Gasteiger partial charge on any atom is 0.129 e. The van der Waals surface area contributed by atoms with Crippen molar-refractivity contribution in [1.29, 1.82) is 0 Å². The lowest BCUT2D eigenvalue weighted by atomic mass is 9.93. The highest BCUT2D eigenvalue weighted by atomic mass is 19.1. The third-order valence-corrected chi connectivity index (χ3v) is 3.10. The number of hydrogen-bond donors (Lipinski definition) is 1. The van der Waals surface area contributed by atoms with Crippen molar-refractivity contribution >= 4 is 0 Å². The molecule has 2 rings (SSSR count). The first-order chi connectivity index (χ1) is 8.59. The summed E-state index contributed by atoms with van der Waals surface area (Å²) in [6.45, 7) is 3.66. The van der Waals surface area contributed by atoms with Gasteiger partial charge in [0.1, 0.15) is 5.82 Å². The van der Waals surface area contributed by atoms with E-state index in [0.717, 1.165) is 11.3 Å². The molecular weight excluding hydrogens is 229 g/mol. The number of hydrogen-bond acceptors (Lipinski definition) is 2. The van der Waals surface area contributed by atoms with Gasteiger partial charge in [0.15, 0.2) is 0 Å². The van der Waals surface area contributed by atoms with Gasteiger partial charge >= 0.3 is 0 Å². The van der Waals surface area contributed by atoms with E-state index < -0.39 is 6.10 Å². The van der Waals surface area contributed by atoms with Gasteiger partial charge in [-0.05, 0) is 30.7 Å². The second-order valence-electron chi connectivity index (χ2n) is 4.51. The molecular formula is C15H16FNO. The normalized spacial score (nSPS) is 14.2. The molecule has 0 saturated heterocycles.